The normalized spacial score (nSPS) is 17.4. The molecule has 1 aliphatic rings. The molecule has 0 saturated carbocycles. The van der Waals surface area contributed by atoms with Crippen LogP contribution in [-0.4, -0.2) is 40.0 Å². The number of fused-ring (bicyclic) bond motifs is 1. The summed E-state index contributed by atoms with van der Waals surface area (Å²) in [6.07, 6.45) is 2.80. The molecule has 1 fully saturated rings. The Bertz CT molecular complexity index is 1030. The van der Waals surface area contributed by atoms with Gasteiger partial charge in [-0.25, -0.2) is 4.98 Å². The standard InChI is InChI=1S/C25H31ClN4O/c1-18(2)30-23-8-4-3-7-22(23)28-24(30)17-29-15-5-6-20(16-29)25(31)27-14-13-19-9-11-21(26)12-10-19/h3-4,7-12,18,20H,5-6,13-17H2,1-2H3,(H,27,31)/t20-/m0/s1. The number of amides is 1. The molecule has 0 unspecified atom stereocenters. The molecule has 1 atom stereocenters. The van der Waals surface area contributed by atoms with Crippen LogP contribution in [0.4, 0.5) is 0 Å². The van der Waals surface area contributed by atoms with Gasteiger partial charge in [0.15, 0.2) is 0 Å². The third kappa shape index (κ3) is 5.28. The van der Waals surface area contributed by atoms with Crippen LogP contribution in [0.15, 0.2) is 48.5 Å². The highest BCUT2D eigenvalue weighted by Gasteiger charge is 2.27. The van der Waals surface area contributed by atoms with Crippen molar-refractivity contribution in [3.05, 3.63) is 64.9 Å². The van der Waals surface area contributed by atoms with E-state index in [1.54, 1.807) is 0 Å². The number of halogens is 1. The minimum atomic E-state index is 0.0378. The number of rotatable bonds is 7. The number of aromatic nitrogens is 2. The largest absolute Gasteiger partial charge is 0.355 e. The van der Waals surface area contributed by atoms with Crippen molar-refractivity contribution in [2.45, 2.75) is 45.7 Å². The van der Waals surface area contributed by atoms with Crippen molar-refractivity contribution in [2.24, 2.45) is 5.92 Å². The number of carbonyl (C=O) groups is 1. The summed E-state index contributed by atoms with van der Waals surface area (Å²) in [6.45, 7) is 7.63. The van der Waals surface area contributed by atoms with E-state index in [4.69, 9.17) is 16.6 Å². The first-order valence-electron chi connectivity index (χ1n) is 11.2. The van der Waals surface area contributed by atoms with Gasteiger partial charge in [0.25, 0.3) is 0 Å². The minimum absolute atomic E-state index is 0.0378. The summed E-state index contributed by atoms with van der Waals surface area (Å²) in [5.74, 6) is 1.28. The Hall–Kier alpha value is -2.37. The van der Waals surface area contributed by atoms with Crippen LogP contribution in [-0.2, 0) is 17.8 Å². The average molecular weight is 439 g/mol. The molecule has 1 N–H and O–H groups in total. The number of para-hydroxylation sites is 2. The smallest absolute Gasteiger partial charge is 0.224 e. The molecule has 164 valence electrons. The SMILES string of the molecule is CC(C)n1c(CN2CCC[C@H](C(=O)NCCc3ccc(Cl)cc3)C2)nc2ccccc21. The zero-order valence-corrected chi connectivity index (χ0v) is 19.1. The van der Waals surface area contributed by atoms with Crippen LogP contribution in [0.1, 0.15) is 44.1 Å². The fourth-order valence-electron chi connectivity index (χ4n) is 4.52. The van der Waals surface area contributed by atoms with Gasteiger partial charge in [0.2, 0.25) is 5.91 Å². The molecule has 5 nitrogen and oxygen atoms in total. The van der Waals surface area contributed by atoms with Gasteiger partial charge in [-0.2, -0.15) is 0 Å². The van der Waals surface area contributed by atoms with Crippen LogP contribution in [0.3, 0.4) is 0 Å². The number of nitrogens with zero attached hydrogens (tertiary/aromatic N) is 3. The Morgan fingerprint density at radius 2 is 1.97 bits per heavy atom. The predicted octanol–water partition coefficient (Wildman–Crippen LogP) is 4.84. The second-order valence-electron chi connectivity index (χ2n) is 8.72. The Kier molecular flexibility index (Phi) is 6.93. The Morgan fingerprint density at radius 1 is 1.19 bits per heavy atom. The van der Waals surface area contributed by atoms with Gasteiger partial charge >= 0.3 is 0 Å². The molecule has 31 heavy (non-hydrogen) atoms. The van der Waals surface area contributed by atoms with E-state index in [1.165, 1.54) is 11.1 Å². The first-order valence-corrected chi connectivity index (χ1v) is 11.6. The fraction of sp³-hybridized carbons (Fsp3) is 0.440. The van der Waals surface area contributed by atoms with Gasteiger partial charge in [0.05, 0.1) is 23.5 Å². The molecule has 1 saturated heterocycles. The number of hydrogen-bond donors (Lipinski definition) is 1. The van der Waals surface area contributed by atoms with E-state index in [0.29, 0.717) is 12.6 Å². The molecular formula is C25H31ClN4O. The van der Waals surface area contributed by atoms with E-state index >= 15 is 0 Å². The van der Waals surface area contributed by atoms with Crippen LogP contribution in [0, 0.1) is 5.92 Å². The highest BCUT2D eigenvalue weighted by Crippen LogP contribution is 2.24. The summed E-state index contributed by atoms with van der Waals surface area (Å²) in [5.41, 5.74) is 3.41. The van der Waals surface area contributed by atoms with Crippen LogP contribution in [0.5, 0.6) is 0 Å². The first kappa shape index (κ1) is 21.8. The van der Waals surface area contributed by atoms with Gasteiger partial charge in [-0.05, 0) is 69.5 Å². The molecule has 1 amide bonds. The molecule has 1 aromatic heterocycles. The van der Waals surface area contributed by atoms with E-state index in [9.17, 15) is 4.79 Å². The quantitative estimate of drug-likeness (QED) is 0.574. The molecule has 0 aliphatic carbocycles. The molecular weight excluding hydrogens is 408 g/mol. The van der Waals surface area contributed by atoms with Gasteiger partial charge in [-0.1, -0.05) is 35.9 Å². The molecule has 2 aromatic carbocycles. The van der Waals surface area contributed by atoms with Crippen molar-refractivity contribution in [1.82, 2.24) is 19.8 Å². The Morgan fingerprint density at radius 3 is 2.74 bits per heavy atom. The maximum absolute atomic E-state index is 12.8. The lowest BCUT2D eigenvalue weighted by molar-refractivity contribution is -0.126. The van der Waals surface area contributed by atoms with Gasteiger partial charge in [-0.15, -0.1) is 0 Å². The van der Waals surface area contributed by atoms with Crippen LogP contribution >= 0.6 is 11.6 Å². The zero-order valence-electron chi connectivity index (χ0n) is 18.4. The Labute approximate surface area is 189 Å². The minimum Gasteiger partial charge on any atom is -0.355 e. The number of carbonyl (C=O) groups excluding carboxylic acids is 1. The van der Waals surface area contributed by atoms with Crippen molar-refractivity contribution in [3.63, 3.8) is 0 Å². The molecule has 0 radical (unpaired) electrons. The van der Waals surface area contributed by atoms with Gasteiger partial charge in [-0.3, -0.25) is 9.69 Å². The molecule has 0 spiro atoms. The summed E-state index contributed by atoms with van der Waals surface area (Å²) in [6, 6.07) is 16.5. The summed E-state index contributed by atoms with van der Waals surface area (Å²) < 4.78 is 2.32. The summed E-state index contributed by atoms with van der Waals surface area (Å²) in [4.78, 5) is 20.1. The number of likely N-dealkylation sites (tertiary alicyclic amines) is 1. The van der Waals surface area contributed by atoms with Crippen LogP contribution in [0.25, 0.3) is 11.0 Å². The first-order chi connectivity index (χ1) is 15.0. The van der Waals surface area contributed by atoms with Crippen molar-refractivity contribution in [3.8, 4) is 0 Å². The van der Waals surface area contributed by atoms with Crippen LogP contribution in [0.2, 0.25) is 5.02 Å². The zero-order chi connectivity index (χ0) is 21.8. The summed E-state index contributed by atoms with van der Waals surface area (Å²) >= 11 is 5.94. The molecule has 2 heterocycles. The Balaban J connectivity index is 1.35. The second kappa shape index (κ2) is 9.84. The maximum atomic E-state index is 12.8. The highest BCUT2D eigenvalue weighted by molar-refractivity contribution is 6.30. The third-order valence-electron chi connectivity index (χ3n) is 6.05. The van der Waals surface area contributed by atoms with E-state index in [-0.39, 0.29) is 11.8 Å². The lowest BCUT2D eigenvalue weighted by atomic mass is 9.97. The lowest BCUT2D eigenvalue weighted by Crippen LogP contribution is -2.43. The third-order valence-corrected chi connectivity index (χ3v) is 6.30. The average Bonchev–Trinajstić information content (AvgIpc) is 3.13. The monoisotopic (exact) mass is 438 g/mol. The summed E-state index contributed by atoms with van der Waals surface area (Å²) in [5, 5.41) is 3.87. The number of piperidine rings is 1. The number of benzene rings is 2. The van der Waals surface area contributed by atoms with Gasteiger partial charge in [0.1, 0.15) is 5.82 Å². The second-order valence-corrected chi connectivity index (χ2v) is 9.16. The van der Waals surface area contributed by atoms with Crippen molar-refractivity contribution in [2.75, 3.05) is 19.6 Å². The highest BCUT2D eigenvalue weighted by atomic mass is 35.5. The lowest BCUT2D eigenvalue weighted by Gasteiger charge is -2.32. The number of nitrogens with one attached hydrogen (secondary N) is 1. The molecule has 3 aromatic rings. The van der Waals surface area contributed by atoms with E-state index in [1.807, 2.05) is 30.3 Å². The molecule has 0 bridgehead atoms. The number of hydrogen-bond acceptors (Lipinski definition) is 3. The van der Waals surface area contributed by atoms with Crippen LogP contribution < -0.4 is 5.32 Å². The fourth-order valence-corrected chi connectivity index (χ4v) is 4.65. The van der Waals surface area contributed by atoms with E-state index in [0.717, 1.165) is 55.3 Å². The van der Waals surface area contributed by atoms with E-state index < -0.39 is 0 Å². The topological polar surface area (TPSA) is 50.2 Å². The molecule has 4 rings (SSSR count). The number of imidazole rings is 1. The van der Waals surface area contributed by atoms with Gasteiger partial charge in [0, 0.05) is 24.2 Å². The van der Waals surface area contributed by atoms with Crippen molar-refractivity contribution in [1.29, 1.82) is 0 Å². The molecule has 6 heteroatoms. The predicted molar refractivity (Wildman–Crippen MR) is 126 cm³/mol. The van der Waals surface area contributed by atoms with Gasteiger partial charge < -0.3 is 9.88 Å². The van der Waals surface area contributed by atoms with Crippen molar-refractivity contribution < 1.29 is 4.79 Å². The molecule has 1 aliphatic heterocycles. The van der Waals surface area contributed by atoms with Crippen molar-refractivity contribution >= 4 is 28.5 Å². The van der Waals surface area contributed by atoms with E-state index in [2.05, 4.69) is 46.8 Å². The summed E-state index contributed by atoms with van der Waals surface area (Å²) in [7, 11) is 0. The maximum Gasteiger partial charge on any atom is 0.224 e.